The van der Waals surface area contributed by atoms with Gasteiger partial charge in [-0.25, -0.2) is 0 Å². The van der Waals surface area contributed by atoms with E-state index in [1.807, 2.05) is 0 Å². The number of aromatic nitrogens is 1. The van der Waals surface area contributed by atoms with Crippen LogP contribution in [-0.2, 0) is 0 Å². The van der Waals surface area contributed by atoms with Gasteiger partial charge in [0.25, 0.3) is 0 Å². The Bertz CT molecular complexity index is 592. The average molecular weight is 241 g/mol. The summed E-state index contributed by atoms with van der Waals surface area (Å²) >= 11 is 0. The second kappa shape index (κ2) is 4.20. The minimum atomic E-state index is 0.265. The molecule has 1 aliphatic rings. The number of rotatable bonds is 4. The largest absolute Gasteiger partial charge is 0.513 e. The minimum absolute atomic E-state index is 0.265. The van der Waals surface area contributed by atoms with Crippen molar-refractivity contribution in [1.82, 2.24) is 4.98 Å². The van der Waals surface area contributed by atoms with Crippen LogP contribution in [0.4, 0.5) is 0 Å². The van der Waals surface area contributed by atoms with Crippen molar-refractivity contribution in [2.45, 2.75) is 38.0 Å². The Kier molecular flexibility index (Phi) is 2.66. The summed E-state index contributed by atoms with van der Waals surface area (Å²) in [7, 11) is 0. The van der Waals surface area contributed by atoms with Gasteiger partial charge in [-0.3, -0.25) is 0 Å². The summed E-state index contributed by atoms with van der Waals surface area (Å²) in [5.41, 5.74) is 3.99. The molecular formula is C16H19NO. The van der Waals surface area contributed by atoms with Gasteiger partial charge in [0.05, 0.1) is 5.76 Å². The molecule has 1 atom stereocenters. The second-order valence-corrected chi connectivity index (χ2v) is 5.46. The van der Waals surface area contributed by atoms with E-state index >= 15 is 0 Å². The smallest absolute Gasteiger partial charge is 0.0857 e. The van der Waals surface area contributed by atoms with Crippen LogP contribution in [0, 0.1) is 0 Å². The van der Waals surface area contributed by atoms with Crippen LogP contribution in [0.15, 0.2) is 36.7 Å². The number of aliphatic hydroxyl groups is 1. The van der Waals surface area contributed by atoms with Crippen LogP contribution < -0.4 is 0 Å². The first-order valence-electron chi connectivity index (χ1n) is 6.63. The lowest BCUT2D eigenvalue weighted by Gasteiger charge is -2.11. The normalized spacial score (nSPS) is 16.9. The SMILES string of the molecule is C=C(O)CC(C)c1c[nH]c2cccc(C3CC3)c12. The standard InChI is InChI=1S/C16H19NO/c1-10(8-11(2)18)14-9-17-15-5-3-4-13(16(14)15)12-6-7-12/h3-5,9-10,12,17-18H,2,6-8H2,1H3. The van der Waals surface area contributed by atoms with Crippen molar-refractivity contribution in [2.75, 3.05) is 0 Å². The highest BCUT2D eigenvalue weighted by Crippen LogP contribution is 2.45. The maximum Gasteiger partial charge on any atom is 0.0857 e. The highest BCUT2D eigenvalue weighted by Gasteiger charge is 2.27. The molecule has 2 aromatic rings. The van der Waals surface area contributed by atoms with Gasteiger partial charge in [0.2, 0.25) is 0 Å². The third kappa shape index (κ3) is 1.92. The molecule has 18 heavy (non-hydrogen) atoms. The van der Waals surface area contributed by atoms with Gasteiger partial charge < -0.3 is 10.1 Å². The first kappa shape index (κ1) is 11.4. The van der Waals surface area contributed by atoms with Gasteiger partial charge in [-0.1, -0.05) is 25.6 Å². The third-order valence-corrected chi connectivity index (χ3v) is 3.86. The molecule has 1 aromatic carbocycles. The van der Waals surface area contributed by atoms with Crippen molar-refractivity contribution in [3.63, 3.8) is 0 Å². The molecule has 94 valence electrons. The number of benzene rings is 1. The molecule has 0 amide bonds. The molecule has 3 rings (SSSR count). The molecular weight excluding hydrogens is 222 g/mol. The molecule has 1 aromatic heterocycles. The van der Waals surface area contributed by atoms with Crippen LogP contribution in [0.25, 0.3) is 10.9 Å². The molecule has 0 saturated heterocycles. The first-order valence-corrected chi connectivity index (χ1v) is 6.63. The summed E-state index contributed by atoms with van der Waals surface area (Å²) in [6.45, 7) is 5.75. The van der Waals surface area contributed by atoms with Gasteiger partial charge in [0.1, 0.15) is 0 Å². The van der Waals surface area contributed by atoms with Gasteiger partial charge in [0, 0.05) is 23.5 Å². The zero-order valence-corrected chi connectivity index (χ0v) is 10.7. The number of fused-ring (bicyclic) bond motifs is 1. The van der Waals surface area contributed by atoms with Crippen LogP contribution in [0.2, 0.25) is 0 Å². The van der Waals surface area contributed by atoms with Crippen molar-refractivity contribution < 1.29 is 5.11 Å². The van der Waals surface area contributed by atoms with Crippen molar-refractivity contribution in [1.29, 1.82) is 0 Å². The van der Waals surface area contributed by atoms with Gasteiger partial charge >= 0.3 is 0 Å². The lowest BCUT2D eigenvalue weighted by atomic mass is 9.93. The van der Waals surface area contributed by atoms with E-state index < -0.39 is 0 Å². The van der Waals surface area contributed by atoms with E-state index in [1.165, 1.54) is 34.9 Å². The van der Waals surface area contributed by atoms with E-state index in [0.29, 0.717) is 12.3 Å². The number of hydrogen-bond donors (Lipinski definition) is 2. The third-order valence-electron chi connectivity index (χ3n) is 3.86. The van der Waals surface area contributed by atoms with Gasteiger partial charge in [-0.2, -0.15) is 0 Å². The maximum absolute atomic E-state index is 9.38. The molecule has 1 aliphatic carbocycles. The van der Waals surface area contributed by atoms with Crippen LogP contribution in [0.1, 0.15) is 49.1 Å². The second-order valence-electron chi connectivity index (χ2n) is 5.46. The fraction of sp³-hybridized carbons (Fsp3) is 0.375. The van der Waals surface area contributed by atoms with Crippen molar-refractivity contribution in [3.8, 4) is 0 Å². The first-order chi connectivity index (χ1) is 8.66. The van der Waals surface area contributed by atoms with Crippen molar-refractivity contribution in [3.05, 3.63) is 47.9 Å². The zero-order valence-electron chi connectivity index (χ0n) is 10.7. The summed E-state index contributed by atoms with van der Waals surface area (Å²) in [5, 5.41) is 10.7. The molecule has 2 heteroatoms. The van der Waals surface area contributed by atoms with Gasteiger partial charge in [-0.15, -0.1) is 0 Å². The van der Waals surface area contributed by atoms with Crippen LogP contribution in [0.5, 0.6) is 0 Å². The number of aromatic amines is 1. The molecule has 1 fully saturated rings. The Labute approximate surface area is 107 Å². The molecule has 0 spiro atoms. The number of hydrogen-bond acceptors (Lipinski definition) is 1. The summed E-state index contributed by atoms with van der Waals surface area (Å²) < 4.78 is 0. The highest BCUT2D eigenvalue weighted by molar-refractivity contribution is 5.88. The highest BCUT2D eigenvalue weighted by atomic mass is 16.3. The van der Waals surface area contributed by atoms with E-state index in [1.54, 1.807) is 0 Å². The Morgan fingerprint density at radius 2 is 2.28 bits per heavy atom. The summed E-state index contributed by atoms with van der Waals surface area (Å²) in [6.07, 6.45) is 5.34. The Balaban J connectivity index is 2.08. The van der Waals surface area contributed by atoms with Crippen molar-refractivity contribution >= 4 is 10.9 Å². The molecule has 2 N–H and O–H groups in total. The average Bonchev–Trinajstić information content (AvgIpc) is 3.06. The summed E-state index contributed by atoms with van der Waals surface area (Å²) in [5.74, 6) is 1.31. The van der Waals surface area contributed by atoms with Gasteiger partial charge in [-0.05, 0) is 41.9 Å². The predicted molar refractivity (Wildman–Crippen MR) is 75.1 cm³/mol. The maximum atomic E-state index is 9.38. The van der Waals surface area contributed by atoms with E-state index in [2.05, 4.69) is 42.9 Å². The monoisotopic (exact) mass is 241 g/mol. The summed E-state index contributed by atoms with van der Waals surface area (Å²) in [4.78, 5) is 3.35. The molecule has 1 unspecified atom stereocenters. The number of H-pyrrole nitrogens is 1. The topological polar surface area (TPSA) is 36.0 Å². The lowest BCUT2D eigenvalue weighted by molar-refractivity contribution is 0.381. The van der Waals surface area contributed by atoms with Crippen molar-refractivity contribution in [2.24, 2.45) is 0 Å². The zero-order chi connectivity index (χ0) is 12.7. The number of allylic oxidation sites excluding steroid dienone is 1. The van der Waals surface area contributed by atoms with Crippen LogP contribution in [0.3, 0.4) is 0 Å². The molecule has 2 nitrogen and oxygen atoms in total. The fourth-order valence-corrected chi connectivity index (χ4v) is 2.83. The van der Waals surface area contributed by atoms with E-state index in [4.69, 9.17) is 0 Å². The van der Waals surface area contributed by atoms with E-state index in [-0.39, 0.29) is 5.76 Å². The molecule has 0 bridgehead atoms. The Morgan fingerprint density at radius 1 is 1.50 bits per heavy atom. The van der Waals surface area contributed by atoms with Gasteiger partial charge in [0.15, 0.2) is 0 Å². The number of nitrogens with one attached hydrogen (secondary N) is 1. The number of aliphatic hydroxyl groups excluding tert-OH is 1. The fourth-order valence-electron chi connectivity index (χ4n) is 2.83. The Hall–Kier alpha value is -1.70. The molecule has 0 radical (unpaired) electrons. The molecule has 1 saturated carbocycles. The van der Waals surface area contributed by atoms with Crippen LogP contribution >= 0.6 is 0 Å². The van der Waals surface area contributed by atoms with E-state index in [0.717, 1.165) is 5.92 Å². The van der Waals surface area contributed by atoms with Crippen LogP contribution in [-0.4, -0.2) is 10.1 Å². The summed E-state index contributed by atoms with van der Waals surface area (Å²) in [6, 6.07) is 6.51. The minimum Gasteiger partial charge on any atom is -0.513 e. The molecule has 1 heterocycles. The predicted octanol–water partition coefficient (Wildman–Crippen LogP) is 4.61. The van der Waals surface area contributed by atoms with E-state index in [9.17, 15) is 5.11 Å². The quantitative estimate of drug-likeness (QED) is 0.753. The Morgan fingerprint density at radius 3 is 2.94 bits per heavy atom. The molecule has 0 aliphatic heterocycles. The lowest BCUT2D eigenvalue weighted by Crippen LogP contribution is -1.95.